The topological polar surface area (TPSA) is 34.2 Å². The van der Waals surface area contributed by atoms with Gasteiger partial charge in [0.2, 0.25) is 0 Å². The van der Waals surface area contributed by atoms with Crippen molar-refractivity contribution in [3.8, 4) is 0 Å². The van der Waals surface area contributed by atoms with Crippen LogP contribution in [-0.2, 0) is 4.74 Å². The Balaban J connectivity index is 1.90. The molecule has 0 spiro atoms. The van der Waals surface area contributed by atoms with E-state index >= 15 is 0 Å². The second kappa shape index (κ2) is 4.59. The van der Waals surface area contributed by atoms with Crippen molar-refractivity contribution in [3.05, 3.63) is 9.98 Å². The molecule has 3 nitrogen and oxygen atoms in total. The maximum atomic E-state index is 5.35. The number of ether oxygens (including phenoxy) is 1. The van der Waals surface area contributed by atoms with Crippen molar-refractivity contribution >= 4 is 32.4 Å². The van der Waals surface area contributed by atoms with Gasteiger partial charge in [0.05, 0.1) is 6.61 Å². The summed E-state index contributed by atoms with van der Waals surface area (Å²) in [5, 5.41) is 6.37. The molecule has 0 radical (unpaired) electrons. The van der Waals surface area contributed by atoms with E-state index in [9.17, 15) is 0 Å². The molecule has 2 heterocycles. The average Bonchev–Trinajstić information content (AvgIpc) is 2.75. The Morgan fingerprint density at radius 3 is 3.21 bits per heavy atom. The molecule has 0 aromatic carbocycles. The lowest BCUT2D eigenvalue weighted by atomic mass is 10.0. The average molecular weight is 277 g/mol. The predicted octanol–water partition coefficient (Wildman–Crippen LogP) is 2.74. The molecular formula is C9H13BrN2OS. The molecule has 0 bridgehead atoms. The summed E-state index contributed by atoms with van der Waals surface area (Å²) in [6.07, 6.45) is 1.15. The van der Waals surface area contributed by atoms with Gasteiger partial charge in [0.15, 0.2) is 5.13 Å². The van der Waals surface area contributed by atoms with Gasteiger partial charge in [-0.05, 0) is 29.3 Å². The summed E-state index contributed by atoms with van der Waals surface area (Å²) < 4.78 is 6.26. The maximum Gasteiger partial charge on any atom is 0.183 e. The second-order valence-electron chi connectivity index (χ2n) is 3.53. The molecule has 14 heavy (non-hydrogen) atoms. The van der Waals surface area contributed by atoms with Crippen LogP contribution in [0.4, 0.5) is 5.13 Å². The highest BCUT2D eigenvalue weighted by atomic mass is 79.9. The summed E-state index contributed by atoms with van der Waals surface area (Å²) in [7, 11) is 0. The molecule has 1 saturated heterocycles. The number of hydrogen-bond donors (Lipinski definition) is 1. The van der Waals surface area contributed by atoms with Crippen molar-refractivity contribution in [3.63, 3.8) is 0 Å². The summed E-state index contributed by atoms with van der Waals surface area (Å²) in [5.74, 6) is 0.623. The van der Waals surface area contributed by atoms with Crippen LogP contribution in [0.5, 0.6) is 0 Å². The number of nitrogens with zero attached hydrogens (tertiary/aromatic N) is 1. The quantitative estimate of drug-likeness (QED) is 0.922. The minimum atomic E-state index is 0.440. The van der Waals surface area contributed by atoms with Gasteiger partial charge in [-0.25, -0.2) is 4.98 Å². The van der Waals surface area contributed by atoms with Crippen molar-refractivity contribution in [2.24, 2.45) is 5.92 Å². The molecule has 1 aromatic heterocycles. The van der Waals surface area contributed by atoms with Gasteiger partial charge in [-0.15, -0.1) is 11.3 Å². The Morgan fingerprint density at radius 1 is 1.79 bits per heavy atom. The SMILES string of the molecule is CC(Nc1nc(Br)cs1)C1CCOC1. The number of halogens is 1. The lowest BCUT2D eigenvalue weighted by molar-refractivity contribution is 0.183. The molecule has 2 atom stereocenters. The van der Waals surface area contributed by atoms with E-state index in [-0.39, 0.29) is 0 Å². The van der Waals surface area contributed by atoms with E-state index in [1.54, 1.807) is 11.3 Å². The van der Waals surface area contributed by atoms with Gasteiger partial charge in [0, 0.05) is 23.9 Å². The molecule has 1 N–H and O–H groups in total. The molecule has 2 unspecified atom stereocenters. The summed E-state index contributed by atoms with van der Waals surface area (Å²) in [4.78, 5) is 4.31. The van der Waals surface area contributed by atoms with E-state index in [0.29, 0.717) is 12.0 Å². The molecule has 0 aliphatic carbocycles. The lowest BCUT2D eigenvalue weighted by Gasteiger charge is -2.18. The van der Waals surface area contributed by atoms with Gasteiger partial charge in [0.25, 0.3) is 0 Å². The molecular weight excluding hydrogens is 264 g/mol. The van der Waals surface area contributed by atoms with E-state index in [1.807, 2.05) is 5.38 Å². The van der Waals surface area contributed by atoms with Crippen LogP contribution in [0.3, 0.4) is 0 Å². The van der Waals surface area contributed by atoms with Crippen LogP contribution in [0.2, 0.25) is 0 Å². The van der Waals surface area contributed by atoms with Crippen molar-refractivity contribution in [1.29, 1.82) is 0 Å². The van der Waals surface area contributed by atoms with Gasteiger partial charge < -0.3 is 10.1 Å². The molecule has 0 amide bonds. The minimum absolute atomic E-state index is 0.440. The normalized spacial score (nSPS) is 23.7. The smallest absolute Gasteiger partial charge is 0.183 e. The van der Waals surface area contributed by atoms with Crippen LogP contribution < -0.4 is 5.32 Å². The summed E-state index contributed by atoms with van der Waals surface area (Å²) >= 11 is 4.97. The van der Waals surface area contributed by atoms with Crippen LogP contribution in [-0.4, -0.2) is 24.2 Å². The van der Waals surface area contributed by atoms with Gasteiger partial charge in [-0.3, -0.25) is 0 Å². The Bertz CT molecular complexity index is 299. The number of anilines is 1. The molecule has 1 aliphatic rings. The zero-order valence-electron chi connectivity index (χ0n) is 8.00. The van der Waals surface area contributed by atoms with Gasteiger partial charge in [0.1, 0.15) is 4.60 Å². The first-order chi connectivity index (χ1) is 6.75. The summed E-state index contributed by atoms with van der Waals surface area (Å²) in [6, 6.07) is 0.440. The first-order valence-electron chi connectivity index (χ1n) is 4.71. The standard InChI is InChI=1S/C9H13BrN2OS/c1-6(7-2-3-13-4-7)11-9-12-8(10)5-14-9/h5-7H,2-4H2,1H3,(H,11,12). The monoisotopic (exact) mass is 276 g/mol. The number of rotatable bonds is 3. The Hall–Kier alpha value is -0.130. The highest BCUT2D eigenvalue weighted by molar-refractivity contribution is 9.10. The zero-order chi connectivity index (χ0) is 9.97. The molecule has 1 aromatic rings. The highest BCUT2D eigenvalue weighted by Gasteiger charge is 2.22. The van der Waals surface area contributed by atoms with Crippen LogP contribution in [0.1, 0.15) is 13.3 Å². The fraction of sp³-hybridized carbons (Fsp3) is 0.667. The van der Waals surface area contributed by atoms with E-state index in [4.69, 9.17) is 4.74 Å². The molecule has 5 heteroatoms. The first kappa shape index (κ1) is 10.4. The third-order valence-corrected chi connectivity index (χ3v) is 3.98. The van der Waals surface area contributed by atoms with Crippen LogP contribution in [0.15, 0.2) is 9.98 Å². The summed E-state index contributed by atoms with van der Waals surface area (Å²) in [6.45, 7) is 3.97. The van der Waals surface area contributed by atoms with Gasteiger partial charge in [-0.2, -0.15) is 0 Å². The first-order valence-corrected chi connectivity index (χ1v) is 6.38. The van der Waals surface area contributed by atoms with Gasteiger partial charge >= 0.3 is 0 Å². The largest absolute Gasteiger partial charge is 0.381 e. The van der Waals surface area contributed by atoms with Crippen LogP contribution >= 0.6 is 27.3 Å². The van der Waals surface area contributed by atoms with E-state index in [1.165, 1.54) is 0 Å². The van der Waals surface area contributed by atoms with E-state index in [0.717, 1.165) is 29.4 Å². The Kier molecular flexibility index (Phi) is 3.41. The fourth-order valence-electron chi connectivity index (χ4n) is 1.58. The predicted molar refractivity (Wildman–Crippen MR) is 61.8 cm³/mol. The second-order valence-corrected chi connectivity index (χ2v) is 5.20. The van der Waals surface area contributed by atoms with E-state index in [2.05, 4.69) is 33.2 Å². The number of thiazole rings is 1. The van der Waals surface area contributed by atoms with Gasteiger partial charge in [-0.1, -0.05) is 0 Å². The van der Waals surface area contributed by atoms with Crippen LogP contribution in [0, 0.1) is 5.92 Å². The third-order valence-electron chi connectivity index (χ3n) is 2.50. The Morgan fingerprint density at radius 2 is 2.64 bits per heavy atom. The molecule has 78 valence electrons. The third kappa shape index (κ3) is 2.46. The van der Waals surface area contributed by atoms with Crippen molar-refractivity contribution in [2.75, 3.05) is 18.5 Å². The highest BCUT2D eigenvalue weighted by Crippen LogP contribution is 2.24. The molecule has 2 rings (SSSR count). The molecule has 0 saturated carbocycles. The maximum absolute atomic E-state index is 5.35. The van der Waals surface area contributed by atoms with E-state index < -0.39 is 0 Å². The minimum Gasteiger partial charge on any atom is -0.381 e. The summed E-state index contributed by atoms with van der Waals surface area (Å²) in [5.41, 5.74) is 0. The van der Waals surface area contributed by atoms with Crippen LogP contribution in [0.25, 0.3) is 0 Å². The number of hydrogen-bond acceptors (Lipinski definition) is 4. The molecule has 1 aliphatic heterocycles. The van der Waals surface area contributed by atoms with Crippen molar-refractivity contribution in [1.82, 2.24) is 4.98 Å². The van der Waals surface area contributed by atoms with Crippen molar-refractivity contribution < 1.29 is 4.74 Å². The lowest BCUT2D eigenvalue weighted by Crippen LogP contribution is -2.25. The molecule has 1 fully saturated rings. The zero-order valence-corrected chi connectivity index (χ0v) is 10.4. The number of aromatic nitrogens is 1. The fourth-order valence-corrected chi connectivity index (χ4v) is 2.82. The Labute approximate surface area is 96.0 Å². The van der Waals surface area contributed by atoms with Crippen molar-refractivity contribution in [2.45, 2.75) is 19.4 Å². The number of nitrogens with one attached hydrogen (secondary N) is 1.